The molecule has 0 saturated carbocycles. The van der Waals surface area contributed by atoms with Gasteiger partial charge in [0.05, 0.1) is 11.4 Å². The highest BCUT2D eigenvalue weighted by molar-refractivity contribution is 7.99. The number of carbonyl (C=O) groups excluding carboxylic acids is 1. The van der Waals surface area contributed by atoms with Crippen molar-refractivity contribution in [3.63, 3.8) is 0 Å². The standard InChI is InChI=1S/C25H20FN3OS/c1-16-3-2-4-24(28-16)31-21-12-7-18(8-13-21)25(30)29-23-15-19(9-14-22(23)27)17-5-10-20(26)11-6-17/h2-15H,27H2,1H3,(H,29,30). The first-order chi connectivity index (χ1) is 15.0. The van der Waals surface area contributed by atoms with Crippen molar-refractivity contribution in [2.24, 2.45) is 0 Å². The number of halogens is 1. The van der Waals surface area contributed by atoms with E-state index in [9.17, 15) is 9.18 Å². The molecule has 0 atom stereocenters. The Morgan fingerprint density at radius 2 is 1.65 bits per heavy atom. The lowest BCUT2D eigenvalue weighted by Gasteiger charge is -2.11. The van der Waals surface area contributed by atoms with Gasteiger partial charge in [-0.3, -0.25) is 4.79 Å². The number of hydrogen-bond donors (Lipinski definition) is 2. The molecule has 1 heterocycles. The van der Waals surface area contributed by atoms with Gasteiger partial charge in [0.15, 0.2) is 0 Å². The summed E-state index contributed by atoms with van der Waals surface area (Å²) < 4.78 is 13.2. The van der Waals surface area contributed by atoms with E-state index in [-0.39, 0.29) is 11.7 Å². The fraction of sp³-hybridized carbons (Fsp3) is 0.0400. The second-order valence-corrected chi connectivity index (χ2v) is 8.10. The smallest absolute Gasteiger partial charge is 0.255 e. The molecule has 0 aliphatic carbocycles. The molecule has 0 unspecified atom stereocenters. The van der Waals surface area contributed by atoms with E-state index in [4.69, 9.17) is 5.73 Å². The maximum Gasteiger partial charge on any atom is 0.255 e. The summed E-state index contributed by atoms with van der Waals surface area (Å²) in [5, 5.41) is 3.77. The number of anilines is 2. The number of aromatic nitrogens is 1. The van der Waals surface area contributed by atoms with Crippen LogP contribution < -0.4 is 11.1 Å². The van der Waals surface area contributed by atoms with Crippen molar-refractivity contribution in [1.29, 1.82) is 0 Å². The van der Waals surface area contributed by atoms with Crippen molar-refractivity contribution >= 4 is 29.0 Å². The molecule has 0 spiro atoms. The summed E-state index contributed by atoms with van der Waals surface area (Å²) in [4.78, 5) is 18.2. The molecule has 4 nitrogen and oxygen atoms in total. The van der Waals surface area contributed by atoms with Crippen LogP contribution in [0.1, 0.15) is 16.1 Å². The summed E-state index contributed by atoms with van der Waals surface area (Å²) in [6, 6.07) is 24.7. The van der Waals surface area contributed by atoms with Gasteiger partial charge in [0.1, 0.15) is 10.8 Å². The fourth-order valence-corrected chi connectivity index (χ4v) is 3.90. The summed E-state index contributed by atoms with van der Waals surface area (Å²) in [7, 11) is 0. The van der Waals surface area contributed by atoms with E-state index in [0.29, 0.717) is 16.9 Å². The first-order valence-electron chi connectivity index (χ1n) is 9.66. The van der Waals surface area contributed by atoms with Crippen LogP contribution >= 0.6 is 11.8 Å². The molecule has 0 fully saturated rings. The monoisotopic (exact) mass is 429 g/mol. The summed E-state index contributed by atoms with van der Waals surface area (Å²) in [5.41, 5.74) is 10.2. The number of nitrogen functional groups attached to an aromatic ring is 1. The van der Waals surface area contributed by atoms with Crippen LogP contribution in [0.5, 0.6) is 0 Å². The highest BCUT2D eigenvalue weighted by Gasteiger charge is 2.10. The van der Waals surface area contributed by atoms with Crippen molar-refractivity contribution < 1.29 is 9.18 Å². The Bertz CT molecular complexity index is 1220. The maximum absolute atomic E-state index is 13.2. The number of amides is 1. The molecule has 0 saturated heterocycles. The van der Waals surface area contributed by atoms with Crippen molar-refractivity contribution in [3.8, 4) is 11.1 Å². The Kier molecular flexibility index (Phi) is 6.00. The maximum atomic E-state index is 13.2. The third-order valence-corrected chi connectivity index (χ3v) is 5.63. The van der Waals surface area contributed by atoms with E-state index in [0.717, 1.165) is 26.7 Å². The largest absolute Gasteiger partial charge is 0.397 e. The van der Waals surface area contributed by atoms with Gasteiger partial charge in [0, 0.05) is 16.2 Å². The van der Waals surface area contributed by atoms with Crippen molar-refractivity contribution in [3.05, 3.63) is 102 Å². The lowest BCUT2D eigenvalue weighted by molar-refractivity contribution is 0.102. The minimum absolute atomic E-state index is 0.256. The third-order valence-electron chi connectivity index (χ3n) is 4.68. The molecular weight excluding hydrogens is 409 g/mol. The molecule has 0 bridgehead atoms. The van der Waals surface area contributed by atoms with Crippen molar-refractivity contribution in [1.82, 2.24) is 4.98 Å². The molecular formula is C25H20FN3OS. The molecule has 31 heavy (non-hydrogen) atoms. The second kappa shape index (κ2) is 9.02. The number of hydrogen-bond acceptors (Lipinski definition) is 4. The van der Waals surface area contributed by atoms with Gasteiger partial charge in [-0.1, -0.05) is 36.0 Å². The van der Waals surface area contributed by atoms with E-state index in [2.05, 4.69) is 10.3 Å². The number of nitrogens with one attached hydrogen (secondary N) is 1. The normalized spacial score (nSPS) is 10.6. The van der Waals surface area contributed by atoms with E-state index >= 15 is 0 Å². The van der Waals surface area contributed by atoms with Crippen LogP contribution in [0, 0.1) is 12.7 Å². The molecule has 0 aliphatic heterocycles. The van der Waals surface area contributed by atoms with Crippen LogP contribution in [-0.4, -0.2) is 10.9 Å². The molecule has 6 heteroatoms. The number of aryl methyl sites for hydroxylation is 1. The van der Waals surface area contributed by atoms with E-state index in [1.807, 2.05) is 43.3 Å². The quantitative estimate of drug-likeness (QED) is 0.372. The lowest BCUT2D eigenvalue weighted by atomic mass is 10.0. The molecule has 0 aliphatic rings. The van der Waals surface area contributed by atoms with Gasteiger partial charge in [-0.2, -0.15) is 0 Å². The van der Waals surface area contributed by atoms with E-state index in [1.165, 1.54) is 23.9 Å². The average molecular weight is 430 g/mol. The van der Waals surface area contributed by atoms with Gasteiger partial charge in [0.2, 0.25) is 0 Å². The Hall–Kier alpha value is -3.64. The first kappa shape index (κ1) is 20.6. The van der Waals surface area contributed by atoms with E-state index in [1.54, 1.807) is 36.4 Å². The molecule has 1 aromatic heterocycles. The molecule has 4 rings (SSSR count). The Morgan fingerprint density at radius 1 is 0.935 bits per heavy atom. The molecule has 3 aromatic carbocycles. The Balaban J connectivity index is 1.49. The number of nitrogens with two attached hydrogens (primary N) is 1. The molecule has 3 N–H and O–H groups in total. The molecule has 0 radical (unpaired) electrons. The van der Waals surface area contributed by atoms with Gasteiger partial charge in [0.25, 0.3) is 5.91 Å². The first-order valence-corrected chi connectivity index (χ1v) is 10.5. The lowest BCUT2D eigenvalue weighted by Crippen LogP contribution is -2.13. The predicted octanol–water partition coefficient (Wildman–Crippen LogP) is 6.18. The SMILES string of the molecule is Cc1cccc(Sc2ccc(C(=O)Nc3cc(-c4ccc(F)cc4)ccc3N)cc2)n1. The topological polar surface area (TPSA) is 68.0 Å². The highest BCUT2D eigenvalue weighted by Crippen LogP contribution is 2.29. The van der Waals surface area contributed by atoms with Gasteiger partial charge in [-0.15, -0.1) is 0 Å². The number of carbonyl (C=O) groups is 1. The number of rotatable bonds is 5. The minimum Gasteiger partial charge on any atom is -0.397 e. The summed E-state index contributed by atoms with van der Waals surface area (Å²) in [6.07, 6.45) is 0. The van der Waals surface area contributed by atoms with E-state index < -0.39 is 0 Å². The van der Waals surface area contributed by atoms with Crippen molar-refractivity contribution in [2.45, 2.75) is 16.8 Å². The number of nitrogens with zero attached hydrogens (tertiary/aromatic N) is 1. The van der Waals surface area contributed by atoms with Crippen LogP contribution in [0.25, 0.3) is 11.1 Å². The Morgan fingerprint density at radius 3 is 2.35 bits per heavy atom. The van der Waals surface area contributed by atoms with Gasteiger partial charge >= 0.3 is 0 Å². The number of benzene rings is 3. The summed E-state index contributed by atoms with van der Waals surface area (Å²) >= 11 is 1.54. The minimum atomic E-state index is -0.299. The Labute approximate surface area is 184 Å². The molecule has 4 aromatic rings. The van der Waals surface area contributed by atoms with Crippen LogP contribution in [0.4, 0.5) is 15.8 Å². The summed E-state index contributed by atoms with van der Waals surface area (Å²) in [6.45, 7) is 1.95. The zero-order valence-electron chi connectivity index (χ0n) is 16.8. The highest BCUT2D eigenvalue weighted by atomic mass is 32.2. The van der Waals surface area contributed by atoms with Gasteiger partial charge < -0.3 is 11.1 Å². The zero-order chi connectivity index (χ0) is 21.8. The summed E-state index contributed by atoms with van der Waals surface area (Å²) in [5.74, 6) is -0.555. The van der Waals surface area contributed by atoms with Gasteiger partial charge in [-0.25, -0.2) is 9.37 Å². The molecule has 154 valence electrons. The average Bonchev–Trinajstić information content (AvgIpc) is 2.76. The second-order valence-electron chi connectivity index (χ2n) is 7.01. The predicted molar refractivity (Wildman–Crippen MR) is 124 cm³/mol. The van der Waals surface area contributed by atoms with Crippen LogP contribution in [0.15, 0.2) is 94.9 Å². The number of pyridine rings is 1. The molecule has 1 amide bonds. The van der Waals surface area contributed by atoms with Crippen molar-refractivity contribution in [2.75, 3.05) is 11.1 Å². The van der Waals surface area contributed by atoms with Crippen LogP contribution in [0.2, 0.25) is 0 Å². The van der Waals surface area contributed by atoms with Crippen LogP contribution in [-0.2, 0) is 0 Å². The zero-order valence-corrected chi connectivity index (χ0v) is 17.6. The van der Waals surface area contributed by atoms with Crippen LogP contribution in [0.3, 0.4) is 0 Å². The van der Waals surface area contributed by atoms with Gasteiger partial charge in [-0.05, 0) is 78.7 Å². The fourth-order valence-electron chi connectivity index (χ4n) is 3.05. The third kappa shape index (κ3) is 5.10.